The number of Topliss-reactive ketones (excluding diaryl/α,β-unsaturated/α-hetero) is 1. The Hall–Kier alpha value is -2.26. The molecule has 3 N–H and O–H groups in total. The Morgan fingerprint density at radius 1 is 1.42 bits per heavy atom. The van der Waals surface area contributed by atoms with Crippen molar-refractivity contribution in [1.82, 2.24) is 9.55 Å². The molecule has 0 saturated carbocycles. The third-order valence-corrected chi connectivity index (χ3v) is 5.78. The van der Waals surface area contributed by atoms with Gasteiger partial charge in [0.05, 0.1) is 11.4 Å². The molecule has 1 aliphatic heterocycles. The second kappa shape index (κ2) is 6.70. The second-order valence-corrected chi connectivity index (χ2v) is 7.27. The summed E-state index contributed by atoms with van der Waals surface area (Å²) >= 11 is 2.80. The number of benzene rings is 1. The highest BCUT2D eigenvalue weighted by atomic mass is 32.2. The Morgan fingerprint density at radius 3 is 2.96 bits per heavy atom. The Bertz CT molecular complexity index is 962. The minimum Gasteiger partial charge on any atom is -0.384 e. The van der Waals surface area contributed by atoms with Gasteiger partial charge in [0.15, 0.2) is 5.78 Å². The lowest BCUT2D eigenvalue weighted by atomic mass is 10.2. The molecule has 0 saturated heterocycles. The number of nitrogens with zero attached hydrogens (tertiary/aromatic N) is 2. The topological polar surface area (TPSA) is 110 Å². The molecule has 0 amide bonds. The average molecular weight is 362 g/mol. The summed E-state index contributed by atoms with van der Waals surface area (Å²) in [4.78, 5) is 42.2. The molecule has 0 unspecified atom stereocenters. The van der Waals surface area contributed by atoms with Crippen LogP contribution in [0, 0.1) is 0 Å². The first kappa shape index (κ1) is 16.6. The van der Waals surface area contributed by atoms with Crippen LogP contribution >= 0.6 is 23.5 Å². The fourth-order valence-corrected chi connectivity index (χ4v) is 4.13. The van der Waals surface area contributed by atoms with Gasteiger partial charge in [0.25, 0.3) is 5.56 Å². The van der Waals surface area contributed by atoms with E-state index >= 15 is 0 Å². The fraction of sp³-hybridized carbons (Fsp3) is 0.200. The summed E-state index contributed by atoms with van der Waals surface area (Å²) in [6.45, 7) is 0. The van der Waals surface area contributed by atoms with E-state index in [1.807, 2.05) is 24.3 Å². The van der Waals surface area contributed by atoms with Crippen LogP contribution in [0.15, 0.2) is 38.8 Å². The molecular weight excluding hydrogens is 348 g/mol. The number of nitrogens with two attached hydrogens (primary N) is 1. The van der Waals surface area contributed by atoms with Crippen molar-refractivity contribution in [3.05, 3.63) is 56.2 Å². The molecule has 0 atom stereocenters. The lowest BCUT2D eigenvalue weighted by molar-refractivity contribution is 0.102. The highest BCUT2D eigenvalue weighted by Crippen LogP contribution is 2.34. The smallest absolute Gasteiger partial charge is 0.329 e. The van der Waals surface area contributed by atoms with Gasteiger partial charge in [-0.05, 0) is 11.6 Å². The standard InChI is InChI=1S/C15H14N4O3S2/c1-19-12(16)11(13(21)18-14(19)22)10(20)7-24-15-17-9-5-3-2-4-8(9)6-23-15/h2-5H,6-7,16H2,1H3,(H,18,21,22). The zero-order valence-corrected chi connectivity index (χ0v) is 14.4. The van der Waals surface area contributed by atoms with Crippen LogP contribution < -0.4 is 17.0 Å². The monoisotopic (exact) mass is 362 g/mol. The first-order chi connectivity index (χ1) is 11.5. The highest BCUT2D eigenvalue weighted by Gasteiger charge is 2.20. The number of H-pyrrole nitrogens is 1. The van der Waals surface area contributed by atoms with E-state index in [1.54, 1.807) is 11.8 Å². The third-order valence-electron chi connectivity index (χ3n) is 3.53. The molecule has 3 rings (SSSR count). The van der Waals surface area contributed by atoms with Gasteiger partial charge in [-0.1, -0.05) is 41.7 Å². The van der Waals surface area contributed by atoms with Crippen LogP contribution in [0.2, 0.25) is 0 Å². The number of aromatic nitrogens is 2. The van der Waals surface area contributed by atoms with Crippen molar-refractivity contribution in [2.75, 3.05) is 11.5 Å². The van der Waals surface area contributed by atoms with Crippen molar-refractivity contribution in [3.8, 4) is 0 Å². The number of ketones is 1. The number of para-hydroxylation sites is 1. The van der Waals surface area contributed by atoms with Crippen LogP contribution in [0.5, 0.6) is 0 Å². The number of aromatic amines is 1. The van der Waals surface area contributed by atoms with Gasteiger partial charge in [-0.15, -0.1) is 0 Å². The van der Waals surface area contributed by atoms with E-state index in [4.69, 9.17) is 5.73 Å². The minimum absolute atomic E-state index is 0.0273. The molecule has 24 heavy (non-hydrogen) atoms. The molecule has 1 aliphatic rings. The third kappa shape index (κ3) is 3.17. The van der Waals surface area contributed by atoms with Gasteiger partial charge in [-0.25, -0.2) is 9.79 Å². The van der Waals surface area contributed by atoms with E-state index < -0.39 is 17.0 Å². The summed E-state index contributed by atoms with van der Waals surface area (Å²) in [6, 6.07) is 7.82. The summed E-state index contributed by atoms with van der Waals surface area (Å²) in [6.07, 6.45) is 0. The number of rotatable bonds is 3. The van der Waals surface area contributed by atoms with Crippen molar-refractivity contribution >= 4 is 45.2 Å². The fourth-order valence-electron chi connectivity index (χ4n) is 2.19. The van der Waals surface area contributed by atoms with Crippen molar-refractivity contribution < 1.29 is 4.79 Å². The van der Waals surface area contributed by atoms with Gasteiger partial charge in [-0.2, -0.15) is 0 Å². The molecule has 0 bridgehead atoms. The number of thioether (sulfide) groups is 2. The van der Waals surface area contributed by atoms with Crippen molar-refractivity contribution in [2.45, 2.75) is 5.75 Å². The number of nitrogens with one attached hydrogen (secondary N) is 1. The molecular formula is C15H14N4O3S2. The number of anilines is 1. The minimum atomic E-state index is -0.759. The van der Waals surface area contributed by atoms with Gasteiger partial charge < -0.3 is 5.73 Å². The number of nitrogen functional groups attached to an aromatic ring is 1. The van der Waals surface area contributed by atoms with Crippen LogP contribution in [-0.2, 0) is 12.8 Å². The summed E-state index contributed by atoms with van der Waals surface area (Å²) < 4.78 is 1.81. The van der Waals surface area contributed by atoms with E-state index in [-0.39, 0.29) is 17.1 Å². The number of hydrogen-bond donors (Lipinski definition) is 2. The SMILES string of the molecule is Cn1c(N)c(C(=O)CSC2=Nc3ccccc3CS2)c(=O)[nH]c1=O. The Labute approximate surface area is 145 Å². The van der Waals surface area contributed by atoms with Crippen LogP contribution in [0.3, 0.4) is 0 Å². The van der Waals surface area contributed by atoms with Crippen molar-refractivity contribution in [3.63, 3.8) is 0 Å². The quantitative estimate of drug-likeness (QED) is 0.801. The van der Waals surface area contributed by atoms with Crippen LogP contribution in [0.25, 0.3) is 0 Å². The maximum absolute atomic E-state index is 12.3. The number of hydrogen-bond acceptors (Lipinski definition) is 7. The van der Waals surface area contributed by atoms with Gasteiger partial charge in [0.1, 0.15) is 15.8 Å². The molecule has 7 nitrogen and oxygen atoms in total. The molecule has 0 radical (unpaired) electrons. The highest BCUT2D eigenvalue weighted by molar-refractivity contribution is 8.38. The summed E-state index contributed by atoms with van der Waals surface area (Å²) in [5.74, 6) is 0.257. The Balaban J connectivity index is 1.78. The molecule has 2 heterocycles. The van der Waals surface area contributed by atoms with E-state index in [0.29, 0.717) is 0 Å². The van der Waals surface area contributed by atoms with Crippen molar-refractivity contribution in [2.24, 2.45) is 12.0 Å². The number of carbonyl (C=O) groups is 1. The van der Waals surface area contributed by atoms with E-state index in [9.17, 15) is 14.4 Å². The molecule has 1 aromatic heterocycles. The maximum Gasteiger partial charge on any atom is 0.329 e. The van der Waals surface area contributed by atoms with Crippen LogP contribution in [-0.4, -0.2) is 25.5 Å². The zero-order chi connectivity index (χ0) is 17.3. The van der Waals surface area contributed by atoms with Gasteiger partial charge in [0, 0.05) is 12.8 Å². The Kier molecular flexibility index (Phi) is 4.63. The average Bonchev–Trinajstić information content (AvgIpc) is 2.58. The number of aliphatic imine (C=N–C) groups is 1. The van der Waals surface area contributed by atoms with E-state index in [2.05, 4.69) is 9.98 Å². The van der Waals surface area contributed by atoms with Crippen LogP contribution in [0.4, 0.5) is 11.5 Å². The molecule has 2 aromatic rings. The molecule has 9 heteroatoms. The van der Waals surface area contributed by atoms with Gasteiger partial charge in [0.2, 0.25) is 0 Å². The summed E-state index contributed by atoms with van der Waals surface area (Å²) in [5, 5.41) is 0. The normalized spacial score (nSPS) is 13.3. The predicted molar refractivity (Wildman–Crippen MR) is 98.3 cm³/mol. The second-order valence-electron chi connectivity index (χ2n) is 5.09. The maximum atomic E-state index is 12.3. The van der Waals surface area contributed by atoms with E-state index in [1.165, 1.54) is 18.8 Å². The zero-order valence-electron chi connectivity index (χ0n) is 12.7. The lowest BCUT2D eigenvalue weighted by Gasteiger charge is -2.14. The first-order valence-electron chi connectivity index (χ1n) is 7.01. The molecule has 0 fully saturated rings. The Morgan fingerprint density at radius 2 is 2.17 bits per heavy atom. The summed E-state index contributed by atoms with van der Waals surface area (Å²) in [7, 11) is 1.40. The summed E-state index contributed by atoms with van der Waals surface area (Å²) in [5.41, 5.74) is 6.18. The lowest BCUT2D eigenvalue weighted by Crippen LogP contribution is -2.35. The van der Waals surface area contributed by atoms with Crippen LogP contribution in [0.1, 0.15) is 15.9 Å². The number of carbonyl (C=O) groups excluding carboxylic acids is 1. The number of fused-ring (bicyclic) bond motifs is 1. The molecule has 124 valence electrons. The van der Waals surface area contributed by atoms with Crippen molar-refractivity contribution in [1.29, 1.82) is 0 Å². The van der Waals surface area contributed by atoms with Gasteiger partial charge in [-0.3, -0.25) is 19.1 Å². The molecule has 0 aliphatic carbocycles. The van der Waals surface area contributed by atoms with Gasteiger partial charge >= 0.3 is 5.69 Å². The first-order valence-corrected chi connectivity index (χ1v) is 8.98. The van der Waals surface area contributed by atoms with E-state index in [0.717, 1.165) is 25.9 Å². The predicted octanol–water partition coefficient (Wildman–Crippen LogP) is 1.51. The molecule has 1 aromatic carbocycles. The molecule has 0 spiro atoms. The largest absolute Gasteiger partial charge is 0.384 e.